The van der Waals surface area contributed by atoms with Gasteiger partial charge in [0.1, 0.15) is 5.76 Å². The van der Waals surface area contributed by atoms with E-state index >= 15 is 0 Å². The van der Waals surface area contributed by atoms with Gasteiger partial charge in [-0.25, -0.2) is 0 Å². The number of hydrogen-bond donors (Lipinski definition) is 1. The summed E-state index contributed by atoms with van der Waals surface area (Å²) in [5.41, 5.74) is 2.02. The fourth-order valence-electron chi connectivity index (χ4n) is 2.17. The SMILES string of the molecule is O=C1C(c2ccccn2)=C(O)c2c(I)c(I)c(I)c(I)c21. The monoisotopic (exact) mass is 727 g/mol. The first-order valence-electron chi connectivity index (χ1n) is 5.70. The second-order valence-corrected chi connectivity index (χ2v) is 8.59. The van der Waals surface area contributed by atoms with Crippen LogP contribution in [0.25, 0.3) is 11.3 Å². The van der Waals surface area contributed by atoms with Crippen LogP contribution in [0.3, 0.4) is 0 Å². The number of aliphatic hydroxyl groups excluding tert-OH is 1. The third kappa shape index (κ3) is 2.55. The van der Waals surface area contributed by atoms with Crippen LogP contribution in [0.5, 0.6) is 0 Å². The molecule has 0 aliphatic heterocycles. The highest BCUT2D eigenvalue weighted by Crippen LogP contribution is 2.44. The number of ketones is 1. The van der Waals surface area contributed by atoms with E-state index in [2.05, 4.69) is 95.3 Å². The van der Waals surface area contributed by atoms with E-state index in [1.165, 1.54) is 0 Å². The Kier molecular flexibility index (Phi) is 4.82. The van der Waals surface area contributed by atoms with E-state index in [9.17, 15) is 9.90 Å². The first-order valence-corrected chi connectivity index (χ1v) is 10.0. The van der Waals surface area contributed by atoms with Gasteiger partial charge in [-0.05, 0) is 102 Å². The summed E-state index contributed by atoms with van der Waals surface area (Å²) in [6.07, 6.45) is 1.62. The maximum atomic E-state index is 12.8. The lowest BCUT2D eigenvalue weighted by Gasteiger charge is -2.10. The summed E-state index contributed by atoms with van der Waals surface area (Å²) in [7, 11) is 0. The van der Waals surface area contributed by atoms with Crippen LogP contribution in [0.2, 0.25) is 0 Å². The van der Waals surface area contributed by atoms with Crippen LogP contribution >= 0.6 is 90.4 Å². The number of benzene rings is 1. The number of pyridine rings is 1. The van der Waals surface area contributed by atoms with Gasteiger partial charge in [0, 0.05) is 31.6 Å². The number of carbonyl (C=O) groups excluding carboxylic acids is 1. The Bertz CT molecular complexity index is 816. The van der Waals surface area contributed by atoms with Crippen LogP contribution in [0, 0.1) is 14.3 Å². The number of aromatic nitrogens is 1. The number of rotatable bonds is 1. The highest BCUT2D eigenvalue weighted by Gasteiger charge is 2.37. The number of fused-ring (bicyclic) bond motifs is 1. The van der Waals surface area contributed by atoms with Crippen molar-refractivity contribution in [2.45, 2.75) is 0 Å². The van der Waals surface area contributed by atoms with Gasteiger partial charge in [0.25, 0.3) is 0 Å². The average molecular weight is 727 g/mol. The molecule has 1 aliphatic carbocycles. The number of hydrogen-bond acceptors (Lipinski definition) is 3. The molecule has 0 unspecified atom stereocenters. The Morgan fingerprint density at radius 3 is 2.10 bits per heavy atom. The first-order chi connectivity index (χ1) is 9.95. The molecule has 2 aromatic rings. The molecule has 1 heterocycles. The van der Waals surface area contributed by atoms with Crippen LogP contribution in [-0.2, 0) is 0 Å². The molecule has 106 valence electrons. The van der Waals surface area contributed by atoms with Crippen molar-refractivity contribution < 1.29 is 9.90 Å². The smallest absolute Gasteiger partial charge is 0.200 e. The zero-order valence-corrected chi connectivity index (χ0v) is 18.8. The fourth-order valence-corrected chi connectivity index (χ4v) is 5.86. The Balaban J connectivity index is 2.35. The third-order valence-corrected chi connectivity index (χ3v) is 10.5. The molecule has 1 aromatic carbocycles. The summed E-state index contributed by atoms with van der Waals surface area (Å²) < 4.78 is 3.89. The lowest BCUT2D eigenvalue weighted by Crippen LogP contribution is -2.06. The zero-order chi connectivity index (χ0) is 15.3. The summed E-state index contributed by atoms with van der Waals surface area (Å²) in [5, 5.41) is 10.6. The summed E-state index contributed by atoms with van der Waals surface area (Å²) in [6.45, 7) is 0. The molecule has 21 heavy (non-hydrogen) atoms. The summed E-state index contributed by atoms with van der Waals surface area (Å²) >= 11 is 8.84. The van der Waals surface area contributed by atoms with E-state index in [1.54, 1.807) is 18.3 Å². The molecule has 0 saturated heterocycles. The standard InChI is InChI=1S/C14H5I4NO2/c15-9-7-8(10(16)12(18)11(9)17)14(21)6(13(7)20)5-3-1-2-4-19-5/h1-4,20H. The van der Waals surface area contributed by atoms with E-state index in [1.807, 2.05) is 6.07 Å². The van der Waals surface area contributed by atoms with Crippen LogP contribution in [0.4, 0.5) is 0 Å². The molecule has 3 nitrogen and oxygen atoms in total. The lowest BCUT2D eigenvalue weighted by molar-refractivity contribution is 0.105. The Labute approximate surface area is 175 Å². The quantitative estimate of drug-likeness (QED) is 0.253. The van der Waals surface area contributed by atoms with E-state index < -0.39 is 0 Å². The molecule has 1 aromatic heterocycles. The Morgan fingerprint density at radius 1 is 0.905 bits per heavy atom. The van der Waals surface area contributed by atoms with E-state index in [0.717, 1.165) is 14.3 Å². The van der Waals surface area contributed by atoms with Gasteiger partial charge in [0.2, 0.25) is 5.78 Å². The average Bonchev–Trinajstić information content (AvgIpc) is 2.75. The van der Waals surface area contributed by atoms with Gasteiger partial charge in [0.15, 0.2) is 0 Å². The van der Waals surface area contributed by atoms with Crippen LogP contribution < -0.4 is 0 Å². The topological polar surface area (TPSA) is 50.2 Å². The van der Waals surface area contributed by atoms with Crippen molar-refractivity contribution in [3.8, 4) is 0 Å². The summed E-state index contributed by atoms with van der Waals surface area (Å²) in [5.74, 6) is -0.122. The summed E-state index contributed by atoms with van der Waals surface area (Å²) in [6, 6.07) is 5.33. The van der Waals surface area contributed by atoms with E-state index in [-0.39, 0.29) is 11.5 Å². The van der Waals surface area contributed by atoms with Gasteiger partial charge < -0.3 is 5.11 Å². The van der Waals surface area contributed by atoms with Gasteiger partial charge in [-0.3, -0.25) is 9.78 Å². The molecule has 0 bridgehead atoms. The molecule has 0 saturated carbocycles. The number of carbonyl (C=O) groups is 1. The van der Waals surface area contributed by atoms with E-state index in [0.29, 0.717) is 22.4 Å². The molecule has 0 radical (unpaired) electrons. The largest absolute Gasteiger partial charge is 0.506 e. The maximum absolute atomic E-state index is 12.8. The molecule has 3 rings (SSSR count). The predicted molar refractivity (Wildman–Crippen MR) is 115 cm³/mol. The van der Waals surface area contributed by atoms with Gasteiger partial charge in [0.05, 0.1) is 11.3 Å². The number of aliphatic hydroxyl groups is 1. The van der Waals surface area contributed by atoms with Crippen molar-refractivity contribution in [2.75, 3.05) is 0 Å². The number of halogens is 4. The fraction of sp³-hybridized carbons (Fsp3) is 0. The minimum absolute atomic E-state index is 0.0327. The first kappa shape index (κ1) is 16.4. The minimum Gasteiger partial charge on any atom is -0.506 e. The van der Waals surface area contributed by atoms with E-state index in [4.69, 9.17) is 0 Å². The van der Waals surface area contributed by atoms with Gasteiger partial charge in [-0.1, -0.05) is 6.07 Å². The van der Waals surface area contributed by atoms with Crippen LogP contribution in [0.1, 0.15) is 21.6 Å². The highest BCUT2D eigenvalue weighted by molar-refractivity contribution is 14.1. The van der Waals surface area contributed by atoms with Crippen LogP contribution in [0.15, 0.2) is 24.4 Å². The van der Waals surface area contributed by atoms with Gasteiger partial charge in [-0.15, -0.1) is 0 Å². The molecule has 1 N–H and O–H groups in total. The number of Topliss-reactive ketones (excluding diaryl/α,β-unsaturated/α-hetero) is 1. The third-order valence-electron chi connectivity index (χ3n) is 3.12. The Hall–Kier alpha value is 0.500. The molecule has 1 aliphatic rings. The van der Waals surface area contributed by atoms with Crippen molar-refractivity contribution in [2.24, 2.45) is 0 Å². The molecular formula is C14H5I4NO2. The van der Waals surface area contributed by atoms with Gasteiger partial charge in [-0.2, -0.15) is 0 Å². The maximum Gasteiger partial charge on any atom is 0.200 e. The molecule has 7 heteroatoms. The minimum atomic E-state index is -0.155. The van der Waals surface area contributed by atoms with Crippen molar-refractivity contribution >= 4 is 107 Å². The van der Waals surface area contributed by atoms with Gasteiger partial charge >= 0.3 is 0 Å². The molecule has 0 atom stereocenters. The number of nitrogens with zero attached hydrogens (tertiary/aromatic N) is 1. The summed E-state index contributed by atoms with van der Waals surface area (Å²) in [4.78, 5) is 17.0. The highest BCUT2D eigenvalue weighted by atomic mass is 127. The van der Waals surface area contributed by atoms with Crippen molar-refractivity contribution in [1.82, 2.24) is 4.98 Å². The van der Waals surface area contributed by atoms with Crippen molar-refractivity contribution in [1.29, 1.82) is 0 Å². The lowest BCUT2D eigenvalue weighted by atomic mass is 10.1. The van der Waals surface area contributed by atoms with Crippen molar-refractivity contribution in [3.05, 3.63) is 55.5 Å². The zero-order valence-electron chi connectivity index (χ0n) is 10.1. The van der Waals surface area contributed by atoms with Crippen molar-refractivity contribution in [3.63, 3.8) is 0 Å². The predicted octanol–water partition coefficient (Wildman–Crippen LogP) is 5.12. The Morgan fingerprint density at radius 2 is 1.52 bits per heavy atom. The molecule has 0 fully saturated rings. The normalized spacial score (nSPS) is 13.8. The van der Waals surface area contributed by atoms with Crippen LogP contribution in [-0.4, -0.2) is 15.9 Å². The molecule has 0 amide bonds. The second-order valence-electron chi connectivity index (χ2n) is 4.27. The number of allylic oxidation sites excluding steroid dienone is 1. The second kappa shape index (κ2) is 6.19. The molecule has 0 spiro atoms. The molecular weight excluding hydrogens is 722 g/mol.